The van der Waals surface area contributed by atoms with Gasteiger partial charge in [0.2, 0.25) is 0 Å². The maximum absolute atomic E-state index is 11.9. The van der Waals surface area contributed by atoms with Gasteiger partial charge in [-0.3, -0.25) is 4.79 Å². The quantitative estimate of drug-likeness (QED) is 0.740. The molecule has 0 radical (unpaired) electrons. The van der Waals surface area contributed by atoms with E-state index in [-0.39, 0.29) is 23.9 Å². The second kappa shape index (κ2) is 6.26. The number of rotatable bonds is 3. The molecule has 0 bridgehead atoms. The number of likely N-dealkylation sites (tertiary alicyclic amines) is 1. The van der Waals surface area contributed by atoms with Gasteiger partial charge in [0, 0.05) is 13.1 Å². The van der Waals surface area contributed by atoms with Crippen LogP contribution in [0.4, 0.5) is 4.79 Å². The largest absolute Gasteiger partial charge is 0.466 e. The van der Waals surface area contributed by atoms with E-state index >= 15 is 0 Å². The summed E-state index contributed by atoms with van der Waals surface area (Å²) in [5.74, 6) is -0.197. The van der Waals surface area contributed by atoms with Gasteiger partial charge in [-0.1, -0.05) is 6.92 Å². The van der Waals surface area contributed by atoms with Crippen molar-refractivity contribution in [2.75, 3.05) is 19.7 Å². The van der Waals surface area contributed by atoms with E-state index in [1.165, 1.54) is 0 Å². The molecule has 0 spiro atoms. The van der Waals surface area contributed by atoms with Crippen LogP contribution < -0.4 is 0 Å². The standard InChI is InChI=1S/C14H25NO4/c1-6-18-12(16)10(2)11-7-8-15(9-11)13(17)19-14(3,4)5/h10-11H,6-9H2,1-5H3. The molecule has 1 aliphatic heterocycles. The minimum absolute atomic E-state index is 0.159. The van der Waals surface area contributed by atoms with Crippen molar-refractivity contribution < 1.29 is 19.1 Å². The number of hydrogen-bond acceptors (Lipinski definition) is 4. The third kappa shape index (κ3) is 4.73. The van der Waals surface area contributed by atoms with Crippen LogP contribution in [0.5, 0.6) is 0 Å². The van der Waals surface area contributed by atoms with Gasteiger partial charge in [0.25, 0.3) is 0 Å². The molecule has 5 nitrogen and oxygen atoms in total. The molecule has 1 heterocycles. The predicted molar refractivity (Wildman–Crippen MR) is 71.7 cm³/mol. The lowest BCUT2D eigenvalue weighted by molar-refractivity contribution is -0.149. The highest BCUT2D eigenvalue weighted by molar-refractivity contribution is 5.73. The Morgan fingerprint density at radius 2 is 2.00 bits per heavy atom. The molecule has 1 fully saturated rings. The lowest BCUT2D eigenvalue weighted by atomic mass is 9.93. The Bertz CT molecular complexity index is 335. The first-order valence-corrected chi connectivity index (χ1v) is 6.89. The number of amides is 1. The minimum Gasteiger partial charge on any atom is -0.466 e. The number of hydrogen-bond donors (Lipinski definition) is 0. The van der Waals surface area contributed by atoms with Gasteiger partial charge in [-0.2, -0.15) is 0 Å². The monoisotopic (exact) mass is 271 g/mol. The molecule has 1 rings (SSSR count). The fourth-order valence-corrected chi connectivity index (χ4v) is 2.15. The molecule has 19 heavy (non-hydrogen) atoms. The van der Waals surface area contributed by atoms with E-state index in [4.69, 9.17) is 9.47 Å². The van der Waals surface area contributed by atoms with Gasteiger partial charge in [0.05, 0.1) is 12.5 Å². The summed E-state index contributed by atoms with van der Waals surface area (Å²) in [6.07, 6.45) is 0.519. The van der Waals surface area contributed by atoms with Gasteiger partial charge in [-0.05, 0) is 40.0 Å². The van der Waals surface area contributed by atoms with Crippen molar-refractivity contribution >= 4 is 12.1 Å². The summed E-state index contributed by atoms with van der Waals surface area (Å²) in [5.41, 5.74) is -0.484. The van der Waals surface area contributed by atoms with Gasteiger partial charge in [-0.15, -0.1) is 0 Å². The molecular weight excluding hydrogens is 246 g/mol. The summed E-state index contributed by atoms with van der Waals surface area (Å²) < 4.78 is 10.3. The van der Waals surface area contributed by atoms with Crippen molar-refractivity contribution in [2.24, 2.45) is 11.8 Å². The fourth-order valence-electron chi connectivity index (χ4n) is 2.15. The van der Waals surface area contributed by atoms with Crippen LogP contribution in [0.25, 0.3) is 0 Å². The molecule has 0 aromatic heterocycles. The van der Waals surface area contributed by atoms with Crippen LogP contribution in [0, 0.1) is 11.8 Å². The molecule has 1 saturated heterocycles. The van der Waals surface area contributed by atoms with Crippen molar-refractivity contribution in [3.05, 3.63) is 0 Å². The maximum Gasteiger partial charge on any atom is 0.410 e. The highest BCUT2D eigenvalue weighted by atomic mass is 16.6. The Balaban J connectivity index is 2.49. The van der Waals surface area contributed by atoms with Crippen molar-refractivity contribution in [1.82, 2.24) is 4.90 Å². The van der Waals surface area contributed by atoms with E-state index in [0.29, 0.717) is 19.7 Å². The smallest absolute Gasteiger partial charge is 0.410 e. The SMILES string of the molecule is CCOC(=O)C(C)C1CCN(C(=O)OC(C)(C)C)C1. The topological polar surface area (TPSA) is 55.8 Å². The molecule has 1 amide bonds. The van der Waals surface area contributed by atoms with E-state index in [9.17, 15) is 9.59 Å². The molecule has 2 unspecified atom stereocenters. The summed E-state index contributed by atoms with van der Waals surface area (Å²) in [7, 11) is 0. The Hall–Kier alpha value is -1.26. The number of ether oxygens (including phenoxy) is 2. The van der Waals surface area contributed by atoms with E-state index in [1.54, 1.807) is 11.8 Å². The molecular formula is C14H25NO4. The molecule has 0 N–H and O–H groups in total. The fraction of sp³-hybridized carbons (Fsp3) is 0.857. The second-order valence-corrected chi connectivity index (χ2v) is 6.02. The number of nitrogens with zero attached hydrogens (tertiary/aromatic N) is 1. The van der Waals surface area contributed by atoms with Crippen LogP contribution in [-0.4, -0.2) is 42.3 Å². The van der Waals surface area contributed by atoms with Gasteiger partial charge in [-0.25, -0.2) is 4.79 Å². The summed E-state index contributed by atoms with van der Waals surface area (Å²) in [6, 6.07) is 0. The van der Waals surface area contributed by atoms with Crippen LogP contribution in [0.15, 0.2) is 0 Å². The predicted octanol–water partition coefficient (Wildman–Crippen LogP) is 2.44. The molecule has 1 aliphatic rings. The number of carbonyl (C=O) groups is 2. The van der Waals surface area contributed by atoms with Crippen LogP contribution in [0.2, 0.25) is 0 Å². The first-order valence-electron chi connectivity index (χ1n) is 6.89. The van der Waals surface area contributed by atoms with E-state index in [0.717, 1.165) is 6.42 Å². The average molecular weight is 271 g/mol. The lowest BCUT2D eigenvalue weighted by Crippen LogP contribution is -2.36. The van der Waals surface area contributed by atoms with Gasteiger partial charge < -0.3 is 14.4 Å². The normalized spacial score (nSPS) is 21.1. The number of esters is 1. The zero-order chi connectivity index (χ0) is 14.6. The highest BCUT2D eigenvalue weighted by Gasteiger charge is 2.35. The van der Waals surface area contributed by atoms with Gasteiger partial charge in [0.15, 0.2) is 0 Å². The van der Waals surface area contributed by atoms with Crippen LogP contribution in [0.1, 0.15) is 41.0 Å². The zero-order valence-corrected chi connectivity index (χ0v) is 12.6. The van der Waals surface area contributed by atoms with Crippen molar-refractivity contribution in [1.29, 1.82) is 0 Å². The third-order valence-electron chi connectivity index (χ3n) is 3.24. The van der Waals surface area contributed by atoms with Crippen molar-refractivity contribution in [2.45, 2.75) is 46.6 Å². The van der Waals surface area contributed by atoms with Crippen LogP contribution in [0.3, 0.4) is 0 Å². The van der Waals surface area contributed by atoms with E-state index < -0.39 is 5.60 Å². The second-order valence-electron chi connectivity index (χ2n) is 6.02. The highest BCUT2D eigenvalue weighted by Crippen LogP contribution is 2.26. The molecule has 5 heteroatoms. The minimum atomic E-state index is -0.484. The molecule has 0 aliphatic carbocycles. The van der Waals surface area contributed by atoms with Crippen LogP contribution in [-0.2, 0) is 14.3 Å². The Labute approximate surface area is 115 Å². The summed E-state index contributed by atoms with van der Waals surface area (Å²) in [4.78, 5) is 25.3. The summed E-state index contributed by atoms with van der Waals surface area (Å²) >= 11 is 0. The van der Waals surface area contributed by atoms with Crippen molar-refractivity contribution in [3.63, 3.8) is 0 Å². The molecule has 2 atom stereocenters. The van der Waals surface area contributed by atoms with E-state index in [1.807, 2.05) is 27.7 Å². The Morgan fingerprint density at radius 1 is 1.37 bits per heavy atom. The number of carbonyl (C=O) groups excluding carboxylic acids is 2. The van der Waals surface area contributed by atoms with Gasteiger partial charge >= 0.3 is 12.1 Å². The molecule has 0 aromatic rings. The average Bonchev–Trinajstić information content (AvgIpc) is 2.75. The summed E-state index contributed by atoms with van der Waals surface area (Å²) in [6.45, 7) is 10.8. The lowest BCUT2D eigenvalue weighted by Gasteiger charge is -2.25. The Kier molecular flexibility index (Phi) is 5.20. The third-order valence-corrected chi connectivity index (χ3v) is 3.24. The summed E-state index contributed by atoms with van der Waals surface area (Å²) in [5, 5.41) is 0. The van der Waals surface area contributed by atoms with Gasteiger partial charge in [0.1, 0.15) is 5.60 Å². The maximum atomic E-state index is 11.9. The molecule has 0 aromatic carbocycles. The first kappa shape index (κ1) is 15.8. The first-order chi connectivity index (χ1) is 8.74. The molecule has 110 valence electrons. The Morgan fingerprint density at radius 3 is 2.53 bits per heavy atom. The van der Waals surface area contributed by atoms with Crippen molar-refractivity contribution in [3.8, 4) is 0 Å². The molecule has 0 saturated carbocycles. The zero-order valence-electron chi connectivity index (χ0n) is 12.6. The van der Waals surface area contributed by atoms with E-state index in [2.05, 4.69) is 0 Å². The van der Waals surface area contributed by atoms with Crippen LogP contribution >= 0.6 is 0 Å².